The molecule has 0 amide bonds. The molecule has 0 saturated carbocycles. The second kappa shape index (κ2) is 7.41. The smallest absolute Gasteiger partial charge is 0.269 e. The number of non-ortho nitro benzene ring substituents is 1. The van der Waals surface area contributed by atoms with Crippen LogP contribution in [-0.2, 0) is 16.4 Å². The number of nitrogens with one attached hydrogen (secondary N) is 1. The molecule has 0 atom stereocenters. The van der Waals surface area contributed by atoms with Gasteiger partial charge in [-0.25, -0.2) is 13.1 Å². The third kappa shape index (κ3) is 4.30. The maximum atomic E-state index is 12.3. The number of hydrogen-bond acceptors (Lipinski definition) is 5. The van der Waals surface area contributed by atoms with Crippen molar-refractivity contribution >= 4 is 15.7 Å². The van der Waals surface area contributed by atoms with Gasteiger partial charge in [0.2, 0.25) is 10.0 Å². The van der Waals surface area contributed by atoms with Crippen LogP contribution in [-0.4, -0.2) is 27.0 Å². The summed E-state index contributed by atoms with van der Waals surface area (Å²) in [6.07, 6.45) is 0.437. The Kier molecular flexibility index (Phi) is 5.53. The standard InChI is InChI=1S/C16H18N2O5S/c1-12-11-15(23-2)7-8-16(12)24(21,22)17-10-9-13-3-5-14(6-4-13)18(19)20/h3-8,11,17H,9-10H2,1-2H3. The number of nitrogens with zero attached hydrogens (tertiary/aromatic N) is 1. The Morgan fingerprint density at radius 1 is 1.17 bits per heavy atom. The minimum absolute atomic E-state index is 0.00758. The molecule has 7 nitrogen and oxygen atoms in total. The second-order valence-corrected chi connectivity index (χ2v) is 6.94. The van der Waals surface area contributed by atoms with Crippen LogP contribution in [0.5, 0.6) is 5.75 Å². The molecule has 2 aromatic rings. The maximum Gasteiger partial charge on any atom is 0.269 e. The lowest BCUT2D eigenvalue weighted by molar-refractivity contribution is -0.384. The van der Waals surface area contributed by atoms with Crippen LogP contribution in [0, 0.1) is 17.0 Å². The van der Waals surface area contributed by atoms with E-state index in [2.05, 4.69) is 4.72 Å². The monoisotopic (exact) mass is 350 g/mol. The fourth-order valence-corrected chi connectivity index (χ4v) is 3.50. The van der Waals surface area contributed by atoms with Crippen LogP contribution < -0.4 is 9.46 Å². The summed E-state index contributed by atoms with van der Waals surface area (Å²) in [7, 11) is -2.10. The minimum Gasteiger partial charge on any atom is -0.497 e. The fraction of sp³-hybridized carbons (Fsp3) is 0.250. The fourth-order valence-electron chi connectivity index (χ4n) is 2.24. The lowest BCUT2D eigenvalue weighted by atomic mass is 10.1. The van der Waals surface area contributed by atoms with Gasteiger partial charge in [0.25, 0.3) is 5.69 Å². The van der Waals surface area contributed by atoms with E-state index in [4.69, 9.17) is 4.74 Å². The third-order valence-electron chi connectivity index (χ3n) is 3.52. The van der Waals surface area contributed by atoms with Gasteiger partial charge in [0, 0.05) is 18.7 Å². The Labute approximate surface area is 140 Å². The van der Waals surface area contributed by atoms with Crippen molar-refractivity contribution in [2.75, 3.05) is 13.7 Å². The van der Waals surface area contributed by atoms with Gasteiger partial charge >= 0.3 is 0 Å². The molecule has 24 heavy (non-hydrogen) atoms. The third-order valence-corrected chi connectivity index (χ3v) is 5.15. The predicted molar refractivity (Wildman–Crippen MR) is 89.7 cm³/mol. The van der Waals surface area contributed by atoms with Gasteiger partial charge in [-0.15, -0.1) is 0 Å². The van der Waals surface area contributed by atoms with Gasteiger partial charge in [0.05, 0.1) is 16.9 Å². The van der Waals surface area contributed by atoms with Crippen LogP contribution in [0.3, 0.4) is 0 Å². The zero-order valence-corrected chi connectivity index (χ0v) is 14.2. The molecule has 0 aromatic heterocycles. The van der Waals surface area contributed by atoms with Crippen molar-refractivity contribution in [1.29, 1.82) is 0 Å². The quantitative estimate of drug-likeness (QED) is 0.611. The molecule has 0 radical (unpaired) electrons. The molecule has 0 aliphatic rings. The molecule has 0 saturated heterocycles. The highest BCUT2D eigenvalue weighted by Gasteiger charge is 2.16. The highest BCUT2D eigenvalue weighted by atomic mass is 32.2. The van der Waals surface area contributed by atoms with Crippen LogP contribution in [0.1, 0.15) is 11.1 Å². The number of ether oxygens (including phenoxy) is 1. The molecule has 0 aliphatic carbocycles. The molecule has 2 aromatic carbocycles. The predicted octanol–water partition coefficient (Wildman–Crippen LogP) is 2.43. The summed E-state index contributed by atoms with van der Waals surface area (Å²) < 4.78 is 32.3. The topological polar surface area (TPSA) is 98.5 Å². The molecule has 0 fully saturated rings. The van der Waals surface area contributed by atoms with E-state index in [0.717, 1.165) is 5.56 Å². The first-order valence-corrected chi connectivity index (χ1v) is 8.69. The molecule has 1 N–H and O–H groups in total. The zero-order chi connectivity index (χ0) is 17.7. The Morgan fingerprint density at radius 3 is 2.38 bits per heavy atom. The van der Waals surface area contributed by atoms with Gasteiger partial charge in [0.1, 0.15) is 5.75 Å². The molecule has 0 spiro atoms. The lowest BCUT2D eigenvalue weighted by Gasteiger charge is -2.10. The van der Waals surface area contributed by atoms with Crippen molar-refractivity contribution < 1.29 is 18.1 Å². The molecular formula is C16H18N2O5S. The molecule has 0 heterocycles. The number of sulfonamides is 1. The van der Waals surface area contributed by atoms with Crippen molar-refractivity contribution in [3.8, 4) is 5.75 Å². The molecule has 0 unspecified atom stereocenters. The van der Waals surface area contributed by atoms with E-state index in [9.17, 15) is 18.5 Å². The summed E-state index contributed by atoms with van der Waals surface area (Å²) in [5.41, 5.74) is 1.42. The first-order chi connectivity index (χ1) is 11.3. The molecular weight excluding hydrogens is 332 g/mol. The van der Waals surface area contributed by atoms with Crippen LogP contribution in [0.4, 0.5) is 5.69 Å². The number of hydrogen-bond donors (Lipinski definition) is 1. The van der Waals surface area contributed by atoms with E-state index in [0.29, 0.717) is 17.7 Å². The van der Waals surface area contributed by atoms with Gasteiger partial charge in [-0.2, -0.15) is 0 Å². The molecule has 8 heteroatoms. The van der Waals surface area contributed by atoms with E-state index in [1.165, 1.54) is 25.3 Å². The largest absolute Gasteiger partial charge is 0.497 e. The van der Waals surface area contributed by atoms with Crippen LogP contribution in [0.15, 0.2) is 47.4 Å². The minimum atomic E-state index is -3.62. The van der Waals surface area contributed by atoms with Crippen LogP contribution in [0.2, 0.25) is 0 Å². The van der Waals surface area contributed by atoms with Crippen molar-refractivity contribution in [2.45, 2.75) is 18.2 Å². The number of rotatable bonds is 7. The van der Waals surface area contributed by atoms with Gasteiger partial charge in [-0.3, -0.25) is 10.1 Å². The molecule has 128 valence electrons. The number of aryl methyl sites for hydroxylation is 1. The summed E-state index contributed by atoms with van der Waals surface area (Å²) in [6.45, 7) is 1.90. The SMILES string of the molecule is COc1ccc(S(=O)(=O)NCCc2ccc([N+](=O)[O-])cc2)c(C)c1. The van der Waals surface area contributed by atoms with Crippen LogP contribution >= 0.6 is 0 Å². The summed E-state index contributed by atoms with van der Waals surface area (Å²) in [4.78, 5) is 10.3. The van der Waals surface area contributed by atoms with Crippen molar-refractivity contribution in [3.63, 3.8) is 0 Å². The Bertz CT molecular complexity index is 832. The summed E-state index contributed by atoms with van der Waals surface area (Å²) in [5, 5.41) is 10.6. The highest BCUT2D eigenvalue weighted by Crippen LogP contribution is 2.20. The summed E-state index contributed by atoms with van der Waals surface area (Å²) >= 11 is 0. The van der Waals surface area contributed by atoms with Crippen LogP contribution in [0.25, 0.3) is 0 Å². The first kappa shape index (κ1) is 17.9. The number of benzene rings is 2. The maximum absolute atomic E-state index is 12.3. The van der Waals surface area contributed by atoms with E-state index >= 15 is 0 Å². The van der Waals surface area contributed by atoms with E-state index in [-0.39, 0.29) is 17.1 Å². The highest BCUT2D eigenvalue weighted by molar-refractivity contribution is 7.89. The average Bonchev–Trinajstić information content (AvgIpc) is 2.54. The summed E-state index contributed by atoms with van der Waals surface area (Å²) in [6, 6.07) is 10.8. The van der Waals surface area contributed by atoms with E-state index in [1.54, 1.807) is 31.2 Å². The molecule has 0 bridgehead atoms. The number of methoxy groups -OCH3 is 1. The van der Waals surface area contributed by atoms with Gasteiger partial charge in [0.15, 0.2) is 0 Å². The Morgan fingerprint density at radius 2 is 1.83 bits per heavy atom. The average molecular weight is 350 g/mol. The normalized spacial score (nSPS) is 11.2. The number of nitro groups is 1. The first-order valence-electron chi connectivity index (χ1n) is 7.21. The van der Waals surface area contributed by atoms with Gasteiger partial charge in [-0.1, -0.05) is 12.1 Å². The second-order valence-electron chi connectivity index (χ2n) is 5.20. The van der Waals surface area contributed by atoms with Crippen molar-refractivity contribution in [1.82, 2.24) is 4.72 Å². The lowest BCUT2D eigenvalue weighted by Crippen LogP contribution is -2.26. The van der Waals surface area contributed by atoms with Crippen molar-refractivity contribution in [2.24, 2.45) is 0 Å². The Hall–Kier alpha value is -2.45. The van der Waals surface area contributed by atoms with E-state index < -0.39 is 14.9 Å². The molecule has 0 aliphatic heterocycles. The number of nitro benzene ring substituents is 1. The zero-order valence-electron chi connectivity index (χ0n) is 13.4. The van der Waals surface area contributed by atoms with Gasteiger partial charge in [-0.05, 0) is 42.7 Å². The Balaban J connectivity index is 2.01. The van der Waals surface area contributed by atoms with E-state index in [1.807, 2.05) is 0 Å². The molecule has 2 rings (SSSR count). The van der Waals surface area contributed by atoms with Crippen molar-refractivity contribution in [3.05, 3.63) is 63.7 Å². The summed E-state index contributed by atoms with van der Waals surface area (Å²) in [5.74, 6) is 0.595. The van der Waals surface area contributed by atoms with Gasteiger partial charge < -0.3 is 4.74 Å².